The molecule has 0 aliphatic heterocycles. The van der Waals surface area contributed by atoms with Crippen molar-refractivity contribution in [3.05, 3.63) is 53.9 Å². The molecule has 1 N–H and O–H groups in total. The van der Waals surface area contributed by atoms with Crippen LogP contribution in [0, 0.1) is 6.92 Å². The molecule has 0 aliphatic rings. The molecule has 2 aromatic carbocycles. The van der Waals surface area contributed by atoms with Gasteiger partial charge in [0.15, 0.2) is 5.78 Å². The summed E-state index contributed by atoms with van der Waals surface area (Å²) in [5.41, 5.74) is 2.43. The molecule has 6 nitrogen and oxygen atoms in total. The maximum Gasteiger partial charge on any atom is 0.261 e. The molecule has 1 heterocycles. The van der Waals surface area contributed by atoms with Crippen LogP contribution in [0.1, 0.15) is 23.1 Å². The van der Waals surface area contributed by atoms with Crippen LogP contribution in [0.25, 0.3) is 11.0 Å². The van der Waals surface area contributed by atoms with Gasteiger partial charge in [-0.15, -0.1) is 0 Å². The van der Waals surface area contributed by atoms with Crippen LogP contribution in [-0.4, -0.2) is 23.8 Å². The number of carbonyl (C=O) groups is 1. The zero-order valence-corrected chi connectivity index (χ0v) is 14.4. The summed E-state index contributed by atoms with van der Waals surface area (Å²) >= 11 is 0. The number of Topliss-reactive ketones (excluding diaryl/α,β-unsaturated/α-hetero) is 1. The van der Waals surface area contributed by atoms with Crippen LogP contribution < -0.4 is 4.72 Å². The Balaban J connectivity index is 1.93. The quantitative estimate of drug-likeness (QED) is 0.739. The van der Waals surface area contributed by atoms with Gasteiger partial charge in [0.2, 0.25) is 0 Å². The number of anilines is 1. The van der Waals surface area contributed by atoms with Crippen molar-refractivity contribution in [2.45, 2.75) is 18.7 Å². The third-order valence-electron chi connectivity index (χ3n) is 3.93. The maximum atomic E-state index is 12.5. The van der Waals surface area contributed by atoms with E-state index in [2.05, 4.69) is 9.71 Å². The van der Waals surface area contributed by atoms with E-state index in [1.54, 1.807) is 42.5 Å². The van der Waals surface area contributed by atoms with Crippen molar-refractivity contribution in [2.75, 3.05) is 4.72 Å². The Bertz CT molecular complexity index is 1030. The van der Waals surface area contributed by atoms with E-state index < -0.39 is 10.0 Å². The molecule has 0 amide bonds. The fourth-order valence-electron chi connectivity index (χ4n) is 2.45. The first-order valence-corrected chi connectivity index (χ1v) is 8.83. The number of nitrogens with zero attached hydrogens (tertiary/aromatic N) is 2. The van der Waals surface area contributed by atoms with E-state index in [0.717, 1.165) is 11.3 Å². The summed E-state index contributed by atoms with van der Waals surface area (Å²) in [4.78, 5) is 15.8. The molecule has 0 atom stereocenters. The predicted molar refractivity (Wildman–Crippen MR) is 92.7 cm³/mol. The second kappa shape index (κ2) is 5.76. The summed E-state index contributed by atoms with van der Waals surface area (Å²) in [6, 6.07) is 11.2. The number of carbonyl (C=O) groups excluding carboxylic acids is 1. The maximum absolute atomic E-state index is 12.5. The summed E-state index contributed by atoms with van der Waals surface area (Å²) in [6.07, 6.45) is 0. The smallest absolute Gasteiger partial charge is 0.261 e. The number of sulfonamides is 1. The Morgan fingerprint density at radius 3 is 2.42 bits per heavy atom. The van der Waals surface area contributed by atoms with Gasteiger partial charge in [0.25, 0.3) is 10.0 Å². The van der Waals surface area contributed by atoms with E-state index in [0.29, 0.717) is 16.8 Å². The van der Waals surface area contributed by atoms with Crippen molar-refractivity contribution in [2.24, 2.45) is 7.05 Å². The Hall–Kier alpha value is -2.67. The second-order valence-electron chi connectivity index (χ2n) is 5.61. The van der Waals surface area contributed by atoms with Gasteiger partial charge in [-0.1, -0.05) is 0 Å². The molecule has 3 aromatic rings. The lowest BCUT2D eigenvalue weighted by Crippen LogP contribution is -2.13. The summed E-state index contributed by atoms with van der Waals surface area (Å²) in [5.74, 6) is 0.743. The zero-order chi connectivity index (χ0) is 17.5. The monoisotopic (exact) mass is 343 g/mol. The number of hydrogen-bond acceptors (Lipinski definition) is 4. The first-order chi connectivity index (χ1) is 11.3. The minimum absolute atomic E-state index is 0.0691. The molecule has 0 unspecified atom stereocenters. The van der Waals surface area contributed by atoms with Crippen LogP contribution in [0.3, 0.4) is 0 Å². The third kappa shape index (κ3) is 2.90. The second-order valence-corrected chi connectivity index (χ2v) is 7.29. The van der Waals surface area contributed by atoms with Crippen molar-refractivity contribution in [1.29, 1.82) is 0 Å². The van der Waals surface area contributed by atoms with Crippen molar-refractivity contribution in [3.8, 4) is 0 Å². The zero-order valence-electron chi connectivity index (χ0n) is 13.6. The predicted octanol–water partition coefficient (Wildman–Crippen LogP) is 2.89. The van der Waals surface area contributed by atoms with Crippen LogP contribution in [0.15, 0.2) is 47.4 Å². The Morgan fingerprint density at radius 2 is 1.79 bits per heavy atom. The van der Waals surface area contributed by atoms with Crippen LogP contribution in [0.5, 0.6) is 0 Å². The highest BCUT2D eigenvalue weighted by molar-refractivity contribution is 7.92. The molecular formula is C17H17N3O3S. The minimum atomic E-state index is -3.73. The van der Waals surface area contributed by atoms with Crippen LogP contribution in [0.4, 0.5) is 5.69 Å². The fourth-order valence-corrected chi connectivity index (χ4v) is 3.53. The molecule has 3 rings (SSSR count). The van der Waals surface area contributed by atoms with Gasteiger partial charge in [0.1, 0.15) is 5.82 Å². The molecular weight excluding hydrogens is 326 g/mol. The van der Waals surface area contributed by atoms with E-state index in [1.807, 2.05) is 18.5 Å². The van der Waals surface area contributed by atoms with E-state index in [4.69, 9.17) is 0 Å². The highest BCUT2D eigenvalue weighted by atomic mass is 32.2. The van der Waals surface area contributed by atoms with E-state index in [-0.39, 0.29) is 10.7 Å². The number of aryl methyl sites for hydroxylation is 2. The SMILES string of the molecule is CC(=O)c1ccc(NS(=O)(=O)c2ccc3c(c2)nc(C)n3C)cc1. The number of hydrogen-bond donors (Lipinski definition) is 1. The number of ketones is 1. The normalized spacial score (nSPS) is 11.6. The van der Waals surface area contributed by atoms with Gasteiger partial charge in [-0.05, 0) is 56.3 Å². The lowest BCUT2D eigenvalue weighted by Gasteiger charge is -2.08. The van der Waals surface area contributed by atoms with E-state index in [1.165, 1.54) is 6.92 Å². The molecule has 1 aromatic heterocycles. The standard InChI is InChI=1S/C17H17N3O3S/c1-11(21)13-4-6-14(7-5-13)19-24(22,23)15-8-9-17-16(10-15)18-12(2)20(17)3/h4-10,19H,1-3H3. The third-order valence-corrected chi connectivity index (χ3v) is 5.31. The summed E-state index contributed by atoms with van der Waals surface area (Å²) in [6.45, 7) is 3.33. The number of fused-ring (bicyclic) bond motifs is 1. The first-order valence-electron chi connectivity index (χ1n) is 7.35. The summed E-state index contributed by atoms with van der Waals surface area (Å²) < 4.78 is 29.5. The summed E-state index contributed by atoms with van der Waals surface area (Å²) in [5, 5.41) is 0. The van der Waals surface area contributed by atoms with Crippen molar-refractivity contribution in [1.82, 2.24) is 9.55 Å². The molecule has 0 saturated heterocycles. The van der Waals surface area contributed by atoms with Gasteiger partial charge in [-0.2, -0.15) is 0 Å². The topological polar surface area (TPSA) is 81.1 Å². The van der Waals surface area contributed by atoms with E-state index >= 15 is 0 Å². The lowest BCUT2D eigenvalue weighted by atomic mass is 10.1. The Morgan fingerprint density at radius 1 is 1.12 bits per heavy atom. The first kappa shape index (κ1) is 16.2. The van der Waals surface area contributed by atoms with Gasteiger partial charge in [0.05, 0.1) is 15.9 Å². The van der Waals surface area contributed by atoms with Crippen LogP contribution in [-0.2, 0) is 17.1 Å². The average Bonchev–Trinajstić information content (AvgIpc) is 2.82. The Labute approximate surface area is 140 Å². The van der Waals surface area contributed by atoms with Crippen molar-refractivity contribution in [3.63, 3.8) is 0 Å². The van der Waals surface area contributed by atoms with Crippen LogP contribution >= 0.6 is 0 Å². The number of aromatic nitrogens is 2. The number of rotatable bonds is 4. The number of imidazole rings is 1. The lowest BCUT2D eigenvalue weighted by molar-refractivity contribution is 0.101. The van der Waals surface area contributed by atoms with E-state index in [9.17, 15) is 13.2 Å². The highest BCUT2D eigenvalue weighted by Crippen LogP contribution is 2.22. The molecule has 0 radical (unpaired) electrons. The Kier molecular flexibility index (Phi) is 3.88. The number of nitrogens with one attached hydrogen (secondary N) is 1. The minimum Gasteiger partial charge on any atom is -0.331 e. The molecule has 7 heteroatoms. The van der Waals surface area contributed by atoms with Gasteiger partial charge in [0, 0.05) is 18.3 Å². The van der Waals surface area contributed by atoms with Gasteiger partial charge in [-0.25, -0.2) is 13.4 Å². The molecule has 0 aliphatic carbocycles. The van der Waals surface area contributed by atoms with Gasteiger partial charge < -0.3 is 4.57 Å². The molecule has 0 saturated carbocycles. The van der Waals surface area contributed by atoms with Gasteiger partial charge >= 0.3 is 0 Å². The molecule has 124 valence electrons. The number of benzene rings is 2. The average molecular weight is 343 g/mol. The van der Waals surface area contributed by atoms with Crippen molar-refractivity contribution < 1.29 is 13.2 Å². The fraction of sp³-hybridized carbons (Fsp3) is 0.176. The molecule has 0 fully saturated rings. The molecule has 24 heavy (non-hydrogen) atoms. The van der Waals surface area contributed by atoms with Gasteiger partial charge in [-0.3, -0.25) is 9.52 Å². The molecule has 0 bridgehead atoms. The van der Waals surface area contributed by atoms with Crippen molar-refractivity contribution >= 4 is 32.5 Å². The summed E-state index contributed by atoms with van der Waals surface area (Å²) in [7, 11) is -1.84. The highest BCUT2D eigenvalue weighted by Gasteiger charge is 2.16. The molecule has 0 spiro atoms. The largest absolute Gasteiger partial charge is 0.331 e. The van der Waals surface area contributed by atoms with Crippen LogP contribution in [0.2, 0.25) is 0 Å².